The molecular weight excluding hydrogens is 224 g/mol. The summed E-state index contributed by atoms with van der Waals surface area (Å²) in [5.74, 6) is -0.251. The van der Waals surface area contributed by atoms with Crippen LogP contribution in [0.1, 0.15) is 42.6 Å². The smallest absolute Gasteiger partial charge is 0.194 e. The lowest BCUT2D eigenvalue weighted by Gasteiger charge is -2.23. The van der Waals surface area contributed by atoms with Gasteiger partial charge in [-0.05, 0) is 31.4 Å². The van der Waals surface area contributed by atoms with Crippen molar-refractivity contribution in [1.82, 2.24) is 0 Å². The highest BCUT2D eigenvalue weighted by atomic mass is 35.5. The van der Waals surface area contributed by atoms with Crippen LogP contribution in [0.2, 0.25) is 5.02 Å². The fraction of sp³-hybridized carbons (Fsp3) is 0.462. The molecule has 0 saturated carbocycles. The first-order chi connectivity index (χ1) is 7.44. The third kappa shape index (κ3) is 2.45. The van der Waals surface area contributed by atoms with Crippen LogP contribution in [0.3, 0.4) is 0 Å². The molecule has 0 amide bonds. The van der Waals surface area contributed by atoms with E-state index in [0.29, 0.717) is 23.4 Å². The van der Waals surface area contributed by atoms with Crippen molar-refractivity contribution in [2.24, 2.45) is 0 Å². The fourth-order valence-electron chi connectivity index (χ4n) is 1.57. The van der Waals surface area contributed by atoms with Gasteiger partial charge >= 0.3 is 0 Å². The molecule has 1 aromatic carbocycles. The van der Waals surface area contributed by atoms with Crippen LogP contribution >= 0.6 is 11.6 Å². The number of Topliss-reactive ketones (excluding diaryl/α,β-unsaturated/α-hetero) is 1. The predicted molar refractivity (Wildman–Crippen MR) is 66.1 cm³/mol. The molecule has 0 aliphatic heterocycles. The van der Waals surface area contributed by atoms with Gasteiger partial charge in [0.1, 0.15) is 5.60 Å². The molecular formula is C13H17ClO2. The lowest BCUT2D eigenvalue weighted by atomic mass is 9.88. The maximum atomic E-state index is 12.1. The molecule has 0 saturated heterocycles. The molecule has 0 radical (unpaired) electrons. The highest BCUT2D eigenvalue weighted by Crippen LogP contribution is 2.24. The van der Waals surface area contributed by atoms with Gasteiger partial charge in [0, 0.05) is 10.6 Å². The number of carbonyl (C=O) groups excluding carboxylic acids is 1. The summed E-state index contributed by atoms with van der Waals surface area (Å²) in [7, 11) is 0. The molecule has 0 heterocycles. The maximum absolute atomic E-state index is 12.1. The second-order valence-corrected chi connectivity index (χ2v) is 4.44. The van der Waals surface area contributed by atoms with Crippen molar-refractivity contribution in [2.75, 3.05) is 0 Å². The quantitative estimate of drug-likeness (QED) is 0.820. The van der Waals surface area contributed by atoms with Crippen molar-refractivity contribution in [1.29, 1.82) is 0 Å². The summed E-state index contributed by atoms with van der Waals surface area (Å²) in [5.41, 5.74) is 0.134. The summed E-state index contributed by atoms with van der Waals surface area (Å²) in [6.07, 6.45) is 0.821. The van der Waals surface area contributed by atoms with E-state index in [9.17, 15) is 9.90 Å². The second-order valence-electron chi connectivity index (χ2n) is 4.03. The van der Waals surface area contributed by atoms with E-state index in [1.807, 2.05) is 6.92 Å². The van der Waals surface area contributed by atoms with Crippen molar-refractivity contribution in [3.63, 3.8) is 0 Å². The molecule has 0 bridgehead atoms. The van der Waals surface area contributed by atoms with E-state index < -0.39 is 5.60 Å². The Hall–Kier alpha value is -0.860. The molecule has 1 rings (SSSR count). The zero-order chi connectivity index (χ0) is 12.3. The molecule has 1 aromatic rings. The number of ketones is 1. The van der Waals surface area contributed by atoms with E-state index in [2.05, 4.69) is 0 Å². The minimum absolute atomic E-state index is 0.251. The van der Waals surface area contributed by atoms with E-state index in [1.54, 1.807) is 32.0 Å². The Balaban J connectivity index is 3.09. The highest BCUT2D eigenvalue weighted by Gasteiger charge is 2.32. The van der Waals surface area contributed by atoms with Gasteiger partial charge in [0.15, 0.2) is 5.78 Å². The number of hydrogen-bond donors (Lipinski definition) is 1. The summed E-state index contributed by atoms with van der Waals surface area (Å²) in [6.45, 7) is 5.48. The van der Waals surface area contributed by atoms with Crippen LogP contribution in [-0.4, -0.2) is 16.5 Å². The first-order valence-electron chi connectivity index (χ1n) is 5.48. The third-order valence-electron chi connectivity index (χ3n) is 3.03. The van der Waals surface area contributed by atoms with Crippen LogP contribution < -0.4 is 0 Å². The molecule has 16 heavy (non-hydrogen) atoms. The van der Waals surface area contributed by atoms with Crippen LogP contribution in [0.4, 0.5) is 0 Å². The maximum Gasteiger partial charge on any atom is 0.194 e. The highest BCUT2D eigenvalue weighted by molar-refractivity contribution is 6.31. The molecule has 0 aliphatic carbocycles. The molecule has 0 atom stereocenters. The zero-order valence-corrected chi connectivity index (χ0v) is 10.6. The van der Waals surface area contributed by atoms with Gasteiger partial charge in [0.05, 0.1) is 0 Å². The van der Waals surface area contributed by atoms with Crippen molar-refractivity contribution in [3.05, 3.63) is 34.3 Å². The number of rotatable bonds is 4. The van der Waals surface area contributed by atoms with Crippen LogP contribution in [0.5, 0.6) is 0 Å². The fourth-order valence-corrected chi connectivity index (χ4v) is 1.75. The first-order valence-corrected chi connectivity index (χ1v) is 5.85. The Morgan fingerprint density at radius 2 is 1.94 bits per heavy atom. The summed E-state index contributed by atoms with van der Waals surface area (Å²) < 4.78 is 0. The Kier molecular flexibility index (Phi) is 4.11. The lowest BCUT2D eigenvalue weighted by Crippen LogP contribution is -2.37. The number of benzene rings is 1. The lowest BCUT2D eigenvalue weighted by molar-refractivity contribution is 0.0277. The predicted octanol–water partition coefficient (Wildman–Crippen LogP) is 3.38. The molecule has 3 heteroatoms. The summed E-state index contributed by atoms with van der Waals surface area (Å²) in [6, 6.07) is 5.12. The molecule has 0 aliphatic rings. The molecule has 0 spiro atoms. The minimum Gasteiger partial charge on any atom is -0.382 e. The van der Waals surface area contributed by atoms with Crippen LogP contribution in [0.25, 0.3) is 0 Å². The second kappa shape index (κ2) is 4.98. The molecule has 1 N–H and O–H groups in total. The number of halogens is 1. The summed E-state index contributed by atoms with van der Waals surface area (Å²) >= 11 is 5.96. The average Bonchev–Trinajstić information content (AvgIpc) is 2.30. The summed E-state index contributed by atoms with van der Waals surface area (Å²) in [5, 5.41) is 10.7. The van der Waals surface area contributed by atoms with Gasteiger partial charge in [-0.3, -0.25) is 4.79 Å². The van der Waals surface area contributed by atoms with Crippen molar-refractivity contribution >= 4 is 17.4 Å². The number of carbonyl (C=O) groups is 1. The van der Waals surface area contributed by atoms with Gasteiger partial charge in [-0.25, -0.2) is 0 Å². The molecule has 88 valence electrons. The normalized spacial score (nSPS) is 11.6. The van der Waals surface area contributed by atoms with Crippen molar-refractivity contribution in [3.8, 4) is 0 Å². The molecule has 0 fully saturated rings. The average molecular weight is 241 g/mol. The van der Waals surface area contributed by atoms with E-state index >= 15 is 0 Å². The summed E-state index contributed by atoms with van der Waals surface area (Å²) in [4.78, 5) is 12.1. The number of aryl methyl sites for hydroxylation is 1. The van der Waals surface area contributed by atoms with E-state index in [-0.39, 0.29) is 5.78 Å². The zero-order valence-electron chi connectivity index (χ0n) is 9.88. The first kappa shape index (κ1) is 13.2. The van der Waals surface area contributed by atoms with Gasteiger partial charge in [-0.2, -0.15) is 0 Å². The van der Waals surface area contributed by atoms with Crippen LogP contribution in [-0.2, 0) is 0 Å². The van der Waals surface area contributed by atoms with E-state index in [0.717, 1.165) is 5.56 Å². The van der Waals surface area contributed by atoms with Gasteiger partial charge in [0.2, 0.25) is 0 Å². The molecule has 0 aromatic heterocycles. The standard InChI is InChI=1S/C13H17ClO2/c1-4-13(16,5-2)12(15)10-7-6-9(3)11(14)8-10/h6-8,16H,4-5H2,1-3H3. The third-order valence-corrected chi connectivity index (χ3v) is 3.43. The molecule has 0 unspecified atom stereocenters. The molecule has 2 nitrogen and oxygen atoms in total. The Bertz CT molecular complexity index is 395. The Morgan fingerprint density at radius 3 is 2.38 bits per heavy atom. The van der Waals surface area contributed by atoms with Gasteiger partial charge in [-0.1, -0.05) is 37.6 Å². The van der Waals surface area contributed by atoms with Gasteiger partial charge in [0.25, 0.3) is 0 Å². The largest absolute Gasteiger partial charge is 0.382 e. The number of hydrogen-bond acceptors (Lipinski definition) is 2. The Morgan fingerprint density at radius 1 is 1.38 bits per heavy atom. The topological polar surface area (TPSA) is 37.3 Å². The van der Waals surface area contributed by atoms with Crippen LogP contribution in [0, 0.1) is 6.92 Å². The number of aliphatic hydroxyl groups is 1. The van der Waals surface area contributed by atoms with Gasteiger partial charge < -0.3 is 5.11 Å². The van der Waals surface area contributed by atoms with Crippen molar-refractivity contribution in [2.45, 2.75) is 39.2 Å². The minimum atomic E-state index is -1.27. The van der Waals surface area contributed by atoms with E-state index in [4.69, 9.17) is 11.6 Å². The Labute approximate surface area is 101 Å². The van der Waals surface area contributed by atoms with Crippen molar-refractivity contribution < 1.29 is 9.90 Å². The monoisotopic (exact) mass is 240 g/mol. The SMILES string of the molecule is CCC(O)(CC)C(=O)c1ccc(C)c(Cl)c1. The van der Waals surface area contributed by atoms with E-state index in [1.165, 1.54) is 0 Å². The van der Waals surface area contributed by atoms with Gasteiger partial charge in [-0.15, -0.1) is 0 Å². The van der Waals surface area contributed by atoms with Crippen LogP contribution in [0.15, 0.2) is 18.2 Å².